The zero-order valence-corrected chi connectivity index (χ0v) is 24.2. The van der Waals surface area contributed by atoms with Crippen molar-refractivity contribution in [2.24, 2.45) is 11.3 Å². The SMILES string of the molecule is CCOC(=O)C1(C(=O)OCC)[C@H](C(=O)c2ccccc2)[C@@H](c2ccccc2)O[C@H]1c1ccc(OCc2ccccc2)cc1. The van der Waals surface area contributed by atoms with Crippen LogP contribution in [0.1, 0.15) is 53.1 Å². The first-order valence-corrected chi connectivity index (χ1v) is 14.4. The maximum atomic E-state index is 14.4. The van der Waals surface area contributed by atoms with Crippen LogP contribution < -0.4 is 4.74 Å². The molecule has 1 saturated heterocycles. The Kier molecular flexibility index (Phi) is 9.32. The number of esters is 2. The minimum absolute atomic E-state index is 0.00121. The van der Waals surface area contributed by atoms with Gasteiger partial charge in [0.2, 0.25) is 5.41 Å². The lowest BCUT2D eigenvalue weighted by Gasteiger charge is -2.33. The van der Waals surface area contributed by atoms with E-state index in [1.54, 1.807) is 68.4 Å². The van der Waals surface area contributed by atoms with Crippen LogP contribution in [0.15, 0.2) is 115 Å². The molecule has 1 aliphatic heterocycles. The van der Waals surface area contributed by atoms with Gasteiger partial charge in [-0.2, -0.15) is 0 Å². The molecule has 1 heterocycles. The smallest absolute Gasteiger partial charge is 0.327 e. The number of benzene rings is 4. The molecule has 0 aliphatic carbocycles. The van der Waals surface area contributed by atoms with Crippen LogP contribution in [-0.4, -0.2) is 30.9 Å². The van der Waals surface area contributed by atoms with Gasteiger partial charge >= 0.3 is 11.9 Å². The molecule has 0 radical (unpaired) electrons. The van der Waals surface area contributed by atoms with Gasteiger partial charge in [-0.1, -0.05) is 103 Å². The molecule has 220 valence electrons. The summed E-state index contributed by atoms with van der Waals surface area (Å²) < 4.78 is 23.7. The maximum Gasteiger partial charge on any atom is 0.327 e. The number of carbonyl (C=O) groups excluding carboxylic acids is 3. The van der Waals surface area contributed by atoms with Crippen LogP contribution in [0.5, 0.6) is 5.75 Å². The highest BCUT2D eigenvalue weighted by Gasteiger charge is 2.70. The van der Waals surface area contributed by atoms with Gasteiger partial charge in [0.25, 0.3) is 0 Å². The number of carbonyl (C=O) groups is 3. The lowest BCUT2D eigenvalue weighted by Crippen LogP contribution is -2.51. The molecular formula is C36H34O7. The van der Waals surface area contributed by atoms with Crippen LogP contribution in [-0.2, 0) is 30.4 Å². The highest BCUT2D eigenvalue weighted by molar-refractivity contribution is 6.10. The van der Waals surface area contributed by atoms with E-state index in [0.717, 1.165) is 5.56 Å². The van der Waals surface area contributed by atoms with E-state index in [-0.39, 0.29) is 13.2 Å². The average Bonchev–Trinajstić information content (AvgIpc) is 3.42. The van der Waals surface area contributed by atoms with Gasteiger partial charge in [0.05, 0.1) is 25.2 Å². The Bertz CT molecular complexity index is 1500. The molecular weight excluding hydrogens is 544 g/mol. The topological polar surface area (TPSA) is 88.1 Å². The van der Waals surface area contributed by atoms with E-state index >= 15 is 0 Å². The predicted octanol–water partition coefficient (Wildman–Crippen LogP) is 6.69. The predicted molar refractivity (Wildman–Crippen MR) is 160 cm³/mol. The normalized spacial score (nSPS) is 18.9. The van der Waals surface area contributed by atoms with Gasteiger partial charge < -0.3 is 18.9 Å². The average molecular weight is 579 g/mol. The molecule has 1 fully saturated rings. The Hall–Kier alpha value is -4.75. The molecule has 0 amide bonds. The number of Topliss-reactive ketones (excluding diaryl/α,β-unsaturated/α-hetero) is 1. The van der Waals surface area contributed by atoms with Gasteiger partial charge in [-0.15, -0.1) is 0 Å². The van der Waals surface area contributed by atoms with Crippen molar-refractivity contribution >= 4 is 17.7 Å². The molecule has 0 bridgehead atoms. The molecule has 5 rings (SSSR count). The Morgan fingerprint density at radius 1 is 0.674 bits per heavy atom. The van der Waals surface area contributed by atoms with Gasteiger partial charge in [0.15, 0.2) is 5.78 Å². The first-order valence-electron chi connectivity index (χ1n) is 14.4. The van der Waals surface area contributed by atoms with Gasteiger partial charge in [-0.25, -0.2) is 0 Å². The minimum atomic E-state index is -2.12. The molecule has 0 saturated carbocycles. The fourth-order valence-corrected chi connectivity index (χ4v) is 5.65. The van der Waals surface area contributed by atoms with E-state index in [2.05, 4.69) is 0 Å². The second-order valence-corrected chi connectivity index (χ2v) is 10.2. The van der Waals surface area contributed by atoms with Gasteiger partial charge in [0.1, 0.15) is 18.5 Å². The van der Waals surface area contributed by atoms with Crippen LogP contribution in [0.3, 0.4) is 0 Å². The third kappa shape index (κ3) is 5.94. The second kappa shape index (κ2) is 13.5. The summed E-state index contributed by atoms with van der Waals surface area (Å²) in [4.78, 5) is 42.7. The number of ketones is 1. The summed E-state index contributed by atoms with van der Waals surface area (Å²) in [5.41, 5.74) is 0.409. The van der Waals surface area contributed by atoms with Gasteiger partial charge in [0, 0.05) is 5.56 Å². The monoisotopic (exact) mass is 578 g/mol. The standard InChI is InChI=1S/C36H34O7/c1-3-40-34(38)36(35(39)41-4-2)30(31(37)26-16-10-6-11-17-26)32(27-18-12-7-13-19-27)43-33(36)28-20-22-29(23-21-28)42-24-25-14-8-5-9-15-25/h5-23,30,32-33H,3-4,24H2,1-2H3/t30-,32-,33+/m1/s1. The highest BCUT2D eigenvalue weighted by atomic mass is 16.6. The summed E-state index contributed by atoms with van der Waals surface area (Å²) in [5, 5.41) is 0. The maximum absolute atomic E-state index is 14.4. The fourth-order valence-electron chi connectivity index (χ4n) is 5.65. The Morgan fingerprint density at radius 2 is 1.21 bits per heavy atom. The molecule has 4 aromatic carbocycles. The van der Waals surface area contributed by atoms with Crippen molar-refractivity contribution in [1.29, 1.82) is 0 Å². The summed E-state index contributed by atoms with van der Waals surface area (Å²) >= 11 is 0. The quantitative estimate of drug-likeness (QED) is 0.111. The van der Waals surface area contributed by atoms with E-state index in [4.69, 9.17) is 18.9 Å². The van der Waals surface area contributed by atoms with Crippen molar-refractivity contribution in [3.63, 3.8) is 0 Å². The van der Waals surface area contributed by atoms with E-state index in [9.17, 15) is 14.4 Å². The number of rotatable bonds is 11. The summed E-state index contributed by atoms with van der Waals surface area (Å²) in [6, 6.07) is 34.5. The van der Waals surface area contributed by atoms with Crippen molar-refractivity contribution in [3.8, 4) is 5.75 Å². The lowest BCUT2D eigenvalue weighted by atomic mass is 9.66. The zero-order chi connectivity index (χ0) is 30.2. The largest absolute Gasteiger partial charge is 0.489 e. The van der Waals surface area contributed by atoms with Crippen LogP contribution >= 0.6 is 0 Å². The number of hydrogen-bond acceptors (Lipinski definition) is 7. The molecule has 0 N–H and O–H groups in total. The van der Waals surface area contributed by atoms with Gasteiger partial charge in [-0.05, 0) is 42.7 Å². The molecule has 7 heteroatoms. The van der Waals surface area contributed by atoms with Crippen LogP contribution in [0.25, 0.3) is 0 Å². The molecule has 7 nitrogen and oxygen atoms in total. The summed E-state index contributed by atoms with van der Waals surface area (Å²) in [5.74, 6) is -2.82. The van der Waals surface area contributed by atoms with E-state index < -0.39 is 41.3 Å². The van der Waals surface area contributed by atoms with Crippen LogP contribution in [0.2, 0.25) is 0 Å². The Morgan fingerprint density at radius 3 is 1.77 bits per heavy atom. The van der Waals surface area contributed by atoms with Gasteiger partial charge in [-0.3, -0.25) is 14.4 Å². The fraction of sp³-hybridized carbons (Fsp3) is 0.250. The second-order valence-electron chi connectivity index (χ2n) is 10.2. The minimum Gasteiger partial charge on any atom is -0.489 e. The van der Waals surface area contributed by atoms with Crippen molar-refractivity contribution in [2.75, 3.05) is 13.2 Å². The third-order valence-corrected chi connectivity index (χ3v) is 7.62. The summed E-state index contributed by atoms with van der Waals surface area (Å²) in [7, 11) is 0. The van der Waals surface area contributed by atoms with Crippen molar-refractivity contribution in [3.05, 3.63) is 138 Å². The molecule has 0 unspecified atom stereocenters. The Balaban J connectivity index is 1.63. The van der Waals surface area contributed by atoms with Crippen molar-refractivity contribution in [2.45, 2.75) is 32.7 Å². The molecule has 0 aromatic heterocycles. The summed E-state index contributed by atoms with van der Waals surface area (Å²) in [6.45, 7) is 3.69. The van der Waals surface area contributed by atoms with Crippen LogP contribution in [0, 0.1) is 11.3 Å². The lowest BCUT2D eigenvalue weighted by molar-refractivity contribution is -0.178. The molecule has 1 aliphatic rings. The molecule has 43 heavy (non-hydrogen) atoms. The van der Waals surface area contributed by atoms with E-state index in [0.29, 0.717) is 29.0 Å². The number of ether oxygens (including phenoxy) is 4. The highest BCUT2D eigenvalue weighted by Crippen LogP contribution is 2.59. The first-order chi connectivity index (χ1) is 21.0. The van der Waals surface area contributed by atoms with Crippen molar-refractivity contribution in [1.82, 2.24) is 0 Å². The summed E-state index contributed by atoms with van der Waals surface area (Å²) in [6.07, 6.45) is -2.13. The zero-order valence-electron chi connectivity index (χ0n) is 24.2. The van der Waals surface area contributed by atoms with Crippen molar-refractivity contribution < 1.29 is 33.3 Å². The van der Waals surface area contributed by atoms with Crippen LogP contribution in [0.4, 0.5) is 0 Å². The molecule has 0 spiro atoms. The Labute approximate surface area is 251 Å². The first kappa shape index (κ1) is 29.7. The van der Waals surface area contributed by atoms with E-state index in [1.807, 2.05) is 60.7 Å². The van der Waals surface area contributed by atoms with E-state index in [1.165, 1.54) is 0 Å². The molecule has 3 atom stereocenters. The third-order valence-electron chi connectivity index (χ3n) is 7.62. The molecule has 4 aromatic rings. The number of hydrogen-bond donors (Lipinski definition) is 0.